The van der Waals surface area contributed by atoms with Gasteiger partial charge >= 0.3 is 0 Å². The number of anilines is 1. The van der Waals surface area contributed by atoms with Crippen LogP contribution in [-0.2, 0) is 6.54 Å². The second-order valence-corrected chi connectivity index (χ2v) is 5.05. The third-order valence-corrected chi connectivity index (χ3v) is 3.48. The van der Waals surface area contributed by atoms with E-state index in [2.05, 4.69) is 16.0 Å². The molecule has 1 heterocycles. The van der Waals surface area contributed by atoms with Gasteiger partial charge in [-0.2, -0.15) is 0 Å². The molecule has 2 aliphatic rings. The summed E-state index contributed by atoms with van der Waals surface area (Å²) < 4.78 is 0. The summed E-state index contributed by atoms with van der Waals surface area (Å²) in [7, 11) is 0. The first-order valence-electron chi connectivity index (χ1n) is 6.28. The molecule has 3 nitrogen and oxygen atoms in total. The van der Waals surface area contributed by atoms with Crippen molar-refractivity contribution >= 4 is 5.82 Å². The summed E-state index contributed by atoms with van der Waals surface area (Å²) in [5, 5.41) is 0. The Morgan fingerprint density at radius 1 is 1.31 bits per heavy atom. The molecule has 0 amide bonds. The number of aromatic nitrogens is 1. The van der Waals surface area contributed by atoms with Crippen LogP contribution in [0, 0.1) is 5.92 Å². The van der Waals surface area contributed by atoms with Gasteiger partial charge in [-0.15, -0.1) is 0 Å². The van der Waals surface area contributed by atoms with E-state index in [4.69, 9.17) is 5.73 Å². The Hall–Kier alpha value is -1.09. The molecule has 0 aliphatic heterocycles. The van der Waals surface area contributed by atoms with Gasteiger partial charge in [0, 0.05) is 25.3 Å². The van der Waals surface area contributed by atoms with Crippen LogP contribution in [-0.4, -0.2) is 17.6 Å². The van der Waals surface area contributed by atoms with E-state index in [0.29, 0.717) is 6.54 Å². The molecule has 1 aromatic heterocycles. The average Bonchev–Trinajstić information content (AvgIpc) is 3.16. The minimum Gasteiger partial charge on any atom is -0.353 e. The van der Waals surface area contributed by atoms with Gasteiger partial charge in [0.25, 0.3) is 0 Å². The number of nitrogens with two attached hydrogens (primary N) is 1. The number of hydrogen-bond acceptors (Lipinski definition) is 3. The van der Waals surface area contributed by atoms with Crippen molar-refractivity contribution in [2.24, 2.45) is 11.7 Å². The van der Waals surface area contributed by atoms with Gasteiger partial charge in [0.1, 0.15) is 5.82 Å². The van der Waals surface area contributed by atoms with E-state index in [1.54, 1.807) is 0 Å². The molecule has 16 heavy (non-hydrogen) atoms. The zero-order chi connectivity index (χ0) is 11.0. The zero-order valence-corrected chi connectivity index (χ0v) is 9.60. The van der Waals surface area contributed by atoms with Crippen molar-refractivity contribution in [2.75, 3.05) is 11.4 Å². The highest BCUT2D eigenvalue weighted by Gasteiger charge is 2.34. The van der Waals surface area contributed by atoms with E-state index in [9.17, 15) is 0 Å². The smallest absolute Gasteiger partial charge is 0.129 e. The normalized spacial score (nSPS) is 19.8. The third kappa shape index (κ3) is 2.19. The molecule has 0 spiro atoms. The van der Waals surface area contributed by atoms with Gasteiger partial charge in [-0.05, 0) is 49.3 Å². The van der Waals surface area contributed by atoms with E-state index in [-0.39, 0.29) is 0 Å². The Balaban J connectivity index is 1.79. The Morgan fingerprint density at radius 3 is 2.75 bits per heavy atom. The minimum absolute atomic E-state index is 0.609. The highest BCUT2D eigenvalue weighted by atomic mass is 15.2. The third-order valence-electron chi connectivity index (χ3n) is 3.48. The fraction of sp³-hybridized carbons (Fsp3) is 0.615. The van der Waals surface area contributed by atoms with Gasteiger partial charge in [-0.3, -0.25) is 0 Å². The van der Waals surface area contributed by atoms with Crippen LogP contribution in [0.1, 0.15) is 31.2 Å². The summed E-state index contributed by atoms with van der Waals surface area (Å²) in [5.74, 6) is 2.06. The second-order valence-electron chi connectivity index (χ2n) is 5.05. The molecule has 2 N–H and O–H groups in total. The molecule has 0 bridgehead atoms. The summed E-state index contributed by atoms with van der Waals surface area (Å²) in [6.07, 6.45) is 7.36. The Morgan fingerprint density at radius 2 is 2.12 bits per heavy atom. The quantitative estimate of drug-likeness (QED) is 0.819. The van der Waals surface area contributed by atoms with Gasteiger partial charge in [0.2, 0.25) is 0 Å². The maximum Gasteiger partial charge on any atom is 0.129 e. The molecule has 2 aliphatic carbocycles. The lowest BCUT2D eigenvalue weighted by atomic mass is 10.2. The molecule has 0 aromatic carbocycles. The van der Waals surface area contributed by atoms with E-state index in [0.717, 1.165) is 17.8 Å². The monoisotopic (exact) mass is 217 g/mol. The van der Waals surface area contributed by atoms with Gasteiger partial charge in [0.15, 0.2) is 0 Å². The van der Waals surface area contributed by atoms with Crippen molar-refractivity contribution < 1.29 is 0 Å². The standard InChI is InChI=1S/C13H19N3/c14-8-11-5-6-15-13(7-11)16(12-3-4-12)9-10-1-2-10/h5-7,10,12H,1-4,8-9,14H2. The lowest BCUT2D eigenvalue weighted by molar-refractivity contribution is 0.708. The SMILES string of the molecule is NCc1ccnc(N(CC2CC2)C2CC2)c1. The molecule has 3 heteroatoms. The molecule has 0 atom stereocenters. The Kier molecular flexibility index (Phi) is 2.56. The predicted molar refractivity (Wildman–Crippen MR) is 65.2 cm³/mol. The number of rotatable bonds is 5. The van der Waals surface area contributed by atoms with Crippen LogP contribution in [0.25, 0.3) is 0 Å². The van der Waals surface area contributed by atoms with Crippen molar-refractivity contribution in [1.29, 1.82) is 0 Å². The molecule has 0 saturated heterocycles. The lowest BCUT2D eigenvalue weighted by Crippen LogP contribution is -2.29. The molecule has 86 valence electrons. The lowest BCUT2D eigenvalue weighted by Gasteiger charge is -2.23. The zero-order valence-electron chi connectivity index (χ0n) is 9.60. The fourth-order valence-electron chi connectivity index (χ4n) is 2.14. The summed E-state index contributed by atoms with van der Waals surface area (Å²) in [4.78, 5) is 7.00. The molecule has 2 fully saturated rings. The molecule has 0 radical (unpaired) electrons. The van der Waals surface area contributed by atoms with E-state index in [1.807, 2.05) is 12.3 Å². The van der Waals surface area contributed by atoms with Crippen molar-refractivity contribution in [3.8, 4) is 0 Å². The summed E-state index contributed by atoms with van der Waals surface area (Å²) in [5.41, 5.74) is 6.86. The topological polar surface area (TPSA) is 42.1 Å². The second kappa shape index (κ2) is 4.06. The molecular formula is C13H19N3. The van der Waals surface area contributed by atoms with Crippen LogP contribution >= 0.6 is 0 Å². The Labute approximate surface area is 96.7 Å². The Bertz CT molecular complexity index is 369. The first kappa shape index (κ1) is 10.1. The van der Waals surface area contributed by atoms with Crippen molar-refractivity contribution in [3.05, 3.63) is 23.9 Å². The van der Waals surface area contributed by atoms with Crippen LogP contribution < -0.4 is 10.6 Å². The van der Waals surface area contributed by atoms with E-state index in [1.165, 1.54) is 37.8 Å². The van der Waals surface area contributed by atoms with Crippen molar-refractivity contribution in [1.82, 2.24) is 4.98 Å². The number of pyridine rings is 1. The molecule has 0 unspecified atom stereocenters. The fourth-order valence-corrected chi connectivity index (χ4v) is 2.14. The summed E-state index contributed by atoms with van der Waals surface area (Å²) >= 11 is 0. The highest BCUT2D eigenvalue weighted by molar-refractivity contribution is 5.44. The number of nitrogens with zero attached hydrogens (tertiary/aromatic N) is 2. The summed E-state index contributed by atoms with van der Waals surface area (Å²) in [6.45, 7) is 1.81. The molecule has 2 saturated carbocycles. The molecule has 3 rings (SSSR count). The maximum atomic E-state index is 5.68. The molecular weight excluding hydrogens is 198 g/mol. The number of hydrogen-bond donors (Lipinski definition) is 1. The van der Waals surface area contributed by atoms with Crippen molar-refractivity contribution in [3.63, 3.8) is 0 Å². The van der Waals surface area contributed by atoms with E-state index < -0.39 is 0 Å². The van der Waals surface area contributed by atoms with Gasteiger partial charge < -0.3 is 10.6 Å². The molecule has 1 aromatic rings. The van der Waals surface area contributed by atoms with Crippen LogP contribution in [0.15, 0.2) is 18.3 Å². The average molecular weight is 217 g/mol. The van der Waals surface area contributed by atoms with Crippen LogP contribution in [0.5, 0.6) is 0 Å². The van der Waals surface area contributed by atoms with Gasteiger partial charge in [0.05, 0.1) is 0 Å². The largest absolute Gasteiger partial charge is 0.353 e. The highest BCUT2D eigenvalue weighted by Crippen LogP contribution is 2.37. The van der Waals surface area contributed by atoms with Crippen LogP contribution in [0.3, 0.4) is 0 Å². The summed E-state index contributed by atoms with van der Waals surface area (Å²) in [6, 6.07) is 4.91. The van der Waals surface area contributed by atoms with Crippen molar-refractivity contribution in [2.45, 2.75) is 38.3 Å². The first-order chi connectivity index (χ1) is 7.86. The first-order valence-corrected chi connectivity index (χ1v) is 6.28. The maximum absolute atomic E-state index is 5.68. The van der Waals surface area contributed by atoms with E-state index >= 15 is 0 Å². The van der Waals surface area contributed by atoms with Gasteiger partial charge in [-0.1, -0.05) is 0 Å². The van der Waals surface area contributed by atoms with Crippen LogP contribution in [0.4, 0.5) is 5.82 Å². The minimum atomic E-state index is 0.609. The predicted octanol–water partition coefficient (Wildman–Crippen LogP) is 1.92. The van der Waals surface area contributed by atoms with Gasteiger partial charge in [-0.25, -0.2) is 4.98 Å². The van der Waals surface area contributed by atoms with Crippen LogP contribution in [0.2, 0.25) is 0 Å².